The highest BCUT2D eigenvalue weighted by atomic mass is 16.3. The molecule has 1 aromatic carbocycles. The summed E-state index contributed by atoms with van der Waals surface area (Å²) in [5, 5.41) is 10.4. The molecule has 1 aromatic rings. The van der Waals surface area contributed by atoms with Gasteiger partial charge in [-0.3, -0.25) is 4.90 Å². The normalized spacial score (nSPS) is 15.6. The van der Waals surface area contributed by atoms with E-state index in [1.165, 1.54) is 0 Å². The van der Waals surface area contributed by atoms with E-state index in [1.54, 1.807) is 0 Å². The van der Waals surface area contributed by atoms with Crippen molar-refractivity contribution >= 4 is 0 Å². The van der Waals surface area contributed by atoms with Crippen molar-refractivity contribution in [2.45, 2.75) is 58.8 Å². The molecule has 0 saturated heterocycles. The fourth-order valence-corrected chi connectivity index (χ4v) is 2.63. The Morgan fingerprint density at radius 3 is 1.76 bits per heavy atom. The summed E-state index contributed by atoms with van der Waals surface area (Å²) in [4.78, 5) is 2.34. The molecule has 2 atom stereocenters. The molecule has 0 aliphatic heterocycles. The van der Waals surface area contributed by atoms with Gasteiger partial charge in [0.25, 0.3) is 0 Å². The van der Waals surface area contributed by atoms with Crippen LogP contribution in [-0.2, 0) is 0 Å². The van der Waals surface area contributed by atoms with Crippen LogP contribution in [0.5, 0.6) is 0 Å². The Labute approximate surface area is 105 Å². The standard InChI is InChI=1S/C15H25NO/c1-11(2)16(12(3)4)13(5)15(17)14-9-7-6-8-10-14/h6-13,15,17H,1-5H3/t13-,15-/m1/s1. The third-order valence-electron chi connectivity index (χ3n) is 3.26. The highest BCUT2D eigenvalue weighted by Gasteiger charge is 2.26. The van der Waals surface area contributed by atoms with E-state index in [9.17, 15) is 5.11 Å². The van der Waals surface area contributed by atoms with E-state index in [4.69, 9.17) is 0 Å². The Hall–Kier alpha value is -0.860. The molecule has 96 valence electrons. The van der Waals surface area contributed by atoms with Gasteiger partial charge in [0.15, 0.2) is 0 Å². The first kappa shape index (κ1) is 14.2. The topological polar surface area (TPSA) is 23.5 Å². The van der Waals surface area contributed by atoms with Gasteiger partial charge in [-0.25, -0.2) is 0 Å². The fraction of sp³-hybridized carbons (Fsp3) is 0.600. The lowest BCUT2D eigenvalue weighted by molar-refractivity contribution is 0.0210. The van der Waals surface area contributed by atoms with E-state index in [1.807, 2.05) is 30.3 Å². The molecular formula is C15H25NO. The van der Waals surface area contributed by atoms with Crippen molar-refractivity contribution in [1.29, 1.82) is 0 Å². The van der Waals surface area contributed by atoms with Gasteiger partial charge < -0.3 is 5.11 Å². The predicted molar refractivity (Wildman–Crippen MR) is 73.0 cm³/mol. The first-order chi connectivity index (χ1) is 7.95. The minimum atomic E-state index is -0.430. The van der Waals surface area contributed by atoms with Crippen molar-refractivity contribution in [3.63, 3.8) is 0 Å². The van der Waals surface area contributed by atoms with Crippen LogP contribution >= 0.6 is 0 Å². The van der Waals surface area contributed by atoms with Crippen molar-refractivity contribution in [2.75, 3.05) is 0 Å². The first-order valence-corrected chi connectivity index (χ1v) is 6.45. The van der Waals surface area contributed by atoms with Crippen LogP contribution in [0.25, 0.3) is 0 Å². The molecule has 2 nitrogen and oxygen atoms in total. The van der Waals surface area contributed by atoms with Crippen LogP contribution in [-0.4, -0.2) is 28.1 Å². The quantitative estimate of drug-likeness (QED) is 0.847. The van der Waals surface area contributed by atoms with Crippen molar-refractivity contribution in [2.24, 2.45) is 0 Å². The van der Waals surface area contributed by atoms with Gasteiger partial charge in [-0.05, 0) is 40.2 Å². The van der Waals surface area contributed by atoms with Gasteiger partial charge >= 0.3 is 0 Å². The summed E-state index contributed by atoms with van der Waals surface area (Å²) in [5.74, 6) is 0. The molecule has 0 unspecified atom stereocenters. The van der Waals surface area contributed by atoms with Crippen molar-refractivity contribution < 1.29 is 5.11 Å². The molecular weight excluding hydrogens is 210 g/mol. The maximum Gasteiger partial charge on any atom is 0.0942 e. The number of nitrogens with zero attached hydrogens (tertiary/aromatic N) is 1. The molecule has 0 spiro atoms. The van der Waals surface area contributed by atoms with Crippen molar-refractivity contribution in [3.05, 3.63) is 35.9 Å². The SMILES string of the molecule is CC(C)N(C(C)C)[C@H](C)[C@@H](O)c1ccccc1. The van der Waals surface area contributed by atoms with E-state index in [2.05, 4.69) is 39.5 Å². The molecule has 1 N–H and O–H groups in total. The Bertz CT molecular complexity index is 313. The minimum Gasteiger partial charge on any atom is -0.387 e. The Morgan fingerprint density at radius 2 is 1.35 bits per heavy atom. The highest BCUT2D eigenvalue weighted by molar-refractivity contribution is 5.18. The zero-order chi connectivity index (χ0) is 13.0. The third-order valence-corrected chi connectivity index (χ3v) is 3.26. The summed E-state index contributed by atoms with van der Waals surface area (Å²) in [6, 6.07) is 10.9. The number of aliphatic hydroxyl groups excluding tert-OH is 1. The number of hydrogen-bond donors (Lipinski definition) is 1. The summed E-state index contributed by atoms with van der Waals surface area (Å²) in [5.41, 5.74) is 0.992. The van der Waals surface area contributed by atoms with Gasteiger partial charge in [0.1, 0.15) is 0 Å². The van der Waals surface area contributed by atoms with E-state index < -0.39 is 6.10 Å². The first-order valence-electron chi connectivity index (χ1n) is 6.45. The zero-order valence-corrected chi connectivity index (χ0v) is 11.6. The Morgan fingerprint density at radius 1 is 0.882 bits per heavy atom. The largest absolute Gasteiger partial charge is 0.387 e. The van der Waals surface area contributed by atoms with Gasteiger partial charge in [0.05, 0.1) is 6.10 Å². The Kier molecular flexibility index (Phi) is 5.16. The highest BCUT2D eigenvalue weighted by Crippen LogP contribution is 2.23. The maximum absolute atomic E-state index is 10.4. The number of rotatable bonds is 5. The second-order valence-electron chi connectivity index (χ2n) is 5.23. The lowest BCUT2D eigenvalue weighted by atomic mass is 10.00. The van der Waals surface area contributed by atoms with Crippen LogP contribution in [0.15, 0.2) is 30.3 Å². The van der Waals surface area contributed by atoms with E-state index >= 15 is 0 Å². The lowest BCUT2D eigenvalue weighted by Gasteiger charge is -2.38. The summed E-state index contributed by atoms with van der Waals surface area (Å²) >= 11 is 0. The van der Waals surface area contributed by atoms with Gasteiger partial charge in [0, 0.05) is 18.1 Å². The number of hydrogen-bond acceptors (Lipinski definition) is 2. The minimum absolute atomic E-state index is 0.123. The van der Waals surface area contributed by atoms with Gasteiger partial charge in [0.2, 0.25) is 0 Å². The van der Waals surface area contributed by atoms with Gasteiger partial charge in [-0.1, -0.05) is 30.3 Å². The second kappa shape index (κ2) is 6.18. The van der Waals surface area contributed by atoms with Crippen molar-refractivity contribution in [1.82, 2.24) is 4.90 Å². The summed E-state index contributed by atoms with van der Waals surface area (Å²) in [7, 11) is 0. The number of benzene rings is 1. The van der Waals surface area contributed by atoms with Crippen LogP contribution in [0.3, 0.4) is 0 Å². The molecule has 0 saturated carbocycles. The van der Waals surface area contributed by atoms with Crippen LogP contribution < -0.4 is 0 Å². The van der Waals surface area contributed by atoms with Gasteiger partial charge in [-0.2, -0.15) is 0 Å². The molecule has 0 radical (unpaired) electrons. The molecule has 0 heterocycles. The molecule has 2 heteroatoms. The van der Waals surface area contributed by atoms with E-state index in [0.29, 0.717) is 12.1 Å². The van der Waals surface area contributed by atoms with Crippen LogP contribution in [0.2, 0.25) is 0 Å². The lowest BCUT2D eigenvalue weighted by Crippen LogP contribution is -2.46. The molecule has 1 rings (SSSR count). The number of aliphatic hydroxyl groups is 1. The van der Waals surface area contributed by atoms with Crippen LogP contribution in [0, 0.1) is 0 Å². The maximum atomic E-state index is 10.4. The Balaban J connectivity index is 2.84. The van der Waals surface area contributed by atoms with Crippen LogP contribution in [0.4, 0.5) is 0 Å². The van der Waals surface area contributed by atoms with Gasteiger partial charge in [-0.15, -0.1) is 0 Å². The molecule has 0 aliphatic rings. The summed E-state index contributed by atoms with van der Waals surface area (Å²) < 4.78 is 0. The van der Waals surface area contributed by atoms with E-state index in [0.717, 1.165) is 5.56 Å². The zero-order valence-electron chi connectivity index (χ0n) is 11.6. The average Bonchev–Trinajstić information content (AvgIpc) is 2.28. The molecule has 17 heavy (non-hydrogen) atoms. The van der Waals surface area contributed by atoms with Crippen LogP contribution in [0.1, 0.15) is 46.3 Å². The second-order valence-corrected chi connectivity index (χ2v) is 5.23. The van der Waals surface area contributed by atoms with Crippen molar-refractivity contribution in [3.8, 4) is 0 Å². The third kappa shape index (κ3) is 3.55. The predicted octanol–water partition coefficient (Wildman–Crippen LogP) is 3.23. The molecule has 0 fully saturated rings. The van der Waals surface area contributed by atoms with E-state index in [-0.39, 0.29) is 6.04 Å². The monoisotopic (exact) mass is 235 g/mol. The molecule has 0 aromatic heterocycles. The average molecular weight is 235 g/mol. The molecule has 0 bridgehead atoms. The molecule has 0 amide bonds. The summed E-state index contributed by atoms with van der Waals surface area (Å²) in [6.07, 6.45) is -0.430. The fourth-order valence-electron chi connectivity index (χ4n) is 2.63. The smallest absolute Gasteiger partial charge is 0.0942 e. The molecule has 0 aliphatic carbocycles. The summed E-state index contributed by atoms with van der Waals surface area (Å²) in [6.45, 7) is 10.8.